The van der Waals surface area contributed by atoms with Gasteiger partial charge >= 0.3 is 11.5 Å². The van der Waals surface area contributed by atoms with Crippen LogP contribution in [0.2, 0.25) is 0 Å². The summed E-state index contributed by atoms with van der Waals surface area (Å²) in [5.74, 6) is 0.826. The number of hydrogen-bond donors (Lipinski definition) is 1. The molecule has 3 rings (SSSR count). The number of hydrogen-bond acceptors (Lipinski definition) is 4. The Kier molecular flexibility index (Phi) is 9.09. The zero-order valence-electron chi connectivity index (χ0n) is 18.0. The summed E-state index contributed by atoms with van der Waals surface area (Å²) in [5.41, 5.74) is 0. The molecule has 2 aliphatic carbocycles. The molecule has 7 nitrogen and oxygen atoms in total. The van der Waals surface area contributed by atoms with Crippen molar-refractivity contribution >= 4 is 29.0 Å². The summed E-state index contributed by atoms with van der Waals surface area (Å²) < 4.78 is 5.50. The van der Waals surface area contributed by atoms with Crippen molar-refractivity contribution in [1.29, 1.82) is 0 Å². The van der Waals surface area contributed by atoms with Crippen LogP contribution in [0.5, 0.6) is 0 Å². The van der Waals surface area contributed by atoms with Crippen molar-refractivity contribution in [2.45, 2.75) is 76.7 Å². The number of alkyl carbamates (subject to hydrolysis) is 1. The fourth-order valence-electron chi connectivity index (χ4n) is 5.03. The van der Waals surface area contributed by atoms with Gasteiger partial charge in [0.2, 0.25) is 5.91 Å². The largest absolute Gasteiger partial charge is 0.449 e. The standard InChI is InChI=1S/C22H36ClN3O4/c23-21(28)26-13-11-25(12-14-26)20(27)19(15-17-7-3-1-4-8-17)24-22(29)30-16-18-9-5-2-6-10-18/h17-19H,1-16H2,(H,24,29)/t19-/m1/s1. The van der Waals surface area contributed by atoms with Crippen molar-refractivity contribution in [1.82, 2.24) is 15.1 Å². The number of rotatable bonds is 6. The molecule has 3 fully saturated rings. The van der Waals surface area contributed by atoms with Gasteiger partial charge in [0.1, 0.15) is 6.04 Å². The lowest BCUT2D eigenvalue weighted by Gasteiger charge is -2.36. The Labute approximate surface area is 184 Å². The van der Waals surface area contributed by atoms with Crippen molar-refractivity contribution < 1.29 is 19.1 Å². The third-order valence-electron chi connectivity index (χ3n) is 6.90. The summed E-state index contributed by atoms with van der Waals surface area (Å²) in [4.78, 5) is 40.3. The molecule has 2 saturated carbocycles. The molecule has 170 valence electrons. The first-order valence-corrected chi connectivity index (χ1v) is 12.1. The molecule has 0 spiro atoms. The fourth-order valence-corrected chi connectivity index (χ4v) is 5.20. The molecule has 0 aromatic carbocycles. The molecule has 0 aromatic rings. The summed E-state index contributed by atoms with van der Waals surface area (Å²) >= 11 is 5.55. The predicted molar refractivity (Wildman–Crippen MR) is 115 cm³/mol. The highest BCUT2D eigenvalue weighted by molar-refractivity contribution is 6.62. The van der Waals surface area contributed by atoms with Crippen LogP contribution >= 0.6 is 11.6 Å². The van der Waals surface area contributed by atoms with E-state index in [1.54, 1.807) is 4.90 Å². The molecule has 1 saturated heterocycles. The number of carbonyl (C=O) groups is 3. The summed E-state index contributed by atoms with van der Waals surface area (Å²) in [6.07, 6.45) is 11.9. The minimum absolute atomic E-state index is 0.0724. The SMILES string of the molecule is O=C(N[C@H](CC1CCCCC1)C(=O)N1CCN(C(=O)Cl)CC1)OCC1CCCCC1. The van der Waals surface area contributed by atoms with Gasteiger partial charge in [-0.25, -0.2) is 4.79 Å². The Bertz CT molecular complexity index is 583. The Morgan fingerprint density at radius 3 is 1.93 bits per heavy atom. The molecule has 1 heterocycles. The molecule has 8 heteroatoms. The van der Waals surface area contributed by atoms with Crippen molar-refractivity contribution in [2.24, 2.45) is 11.8 Å². The van der Waals surface area contributed by atoms with E-state index in [0.717, 1.165) is 25.7 Å². The number of piperazine rings is 1. The lowest BCUT2D eigenvalue weighted by Crippen LogP contribution is -2.55. The maximum absolute atomic E-state index is 13.2. The topological polar surface area (TPSA) is 79.0 Å². The van der Waals surface area contributed by atoms with Crippen LogP contribution in [0, 0.1) is 11.8 Å². The third kappa shape index (κ3) is 7.03. The van der Waals surface area contributed by atoms with Crippen molar-refractivity contribution in [3.8, 4) is 0 Å². The Morgan fingerprint density at radius 1 is 0.833 bits per heavy atom. The Balaban J connectivity index is 1.54. The van der Waals surface area contributed by atoms with Crippen molar-refractivity contribution in [3.05, 3.63) is 0 Å². The number of nitrogens with zero attached hydrogens (tertiary/aromatic N) is 2. The Morgan fingerprint density at radius 2 is 1.37 bits per heavy atom. The van der Waals surface area contributed by atoms with E-state index in [9.17, 15) is 14.4 Å². The molecule has 0 radical (unpaired) electrons. The fraction of sp³-hybridized carbons (Fsp3) is 0.864. The van der Waals surface area contributed by atoms with E-state index in [2.05, 4.69) is 5.32 Å². The summed E-state index contributed by atoms with van der Waals surface area (Å²) in [6.45, 7) is 2.17. The van der Waals surface area contributed by atoms with Gasteiger partial charge < -0.3 is 19.9 Å². The quantitative estimate of drug-likeness (QED) is 0.496. The molecule has 1 atom stereocenters. The zero-order chi connectivity index (χ0) is 21.3. The summed E-state index contributed by atoms with van der Waals surface area (Å²) in [6, 6.07) is -0.565. The van der Waals surface area contributed by atoms with Crippen LogP contribution in [-0.2, 0) is 9.53 Å². The number of ether oxygens (including phenoxy) is 1. The van der Waals surface area contributed by atoms with Gasteiger partial charge in [-0.15, -0.1) is 0 Å². The molecule has 30 heavy (non-hydrogen) atoms. The first-order valence-electron chi connectivity index (χ1n) is 11.7. The van der Waals surface area contributed by atoms with Gasteiger partial charge in [0.15, 0.2) is 0 Å². The van der Waals surface area contributed by atoms with E-state index in [-0.39, 0.29) is 5.91 Å². The molecular weight excluding hydrogens is 406 g/mol. The molecule has 1 aliphatic heterocycles. The van der Waals surface area contributed by atoms with Crippen molar-refractivity contribution in [3.63, 3.8) is 0 Å². The van der Waals surface area contributed by atoms with Gasteiger partial charge in [-0.2, -0.15) is 0 Å². The predicted octanol–water partition coefficient (Wildman–Crippen LogP) is 4.13. The van der Waals surface area contributed by atoms with E-state index in [4.69, 9.17) is 16.3 Å². The van der Waals surface area contributed by atoms with Gasteiger partial charge in [0.25, 0.3) is 0 Å². The van der Waals surface area contributed by atoms with E-state index < -0.39 is 17.5 Å². The van der Waals surface area contributed by atoms with Crippen LogP contribution in [-0.4, -0.2) is 66.0 Å². The van der Waals surface area contributed by atoms with Crippen LogP contribution in [0.4, 0.5) is 9.59 Å². The number of carbonyl (C=O) groups excluding carboxylic acids is 3. The maximum Gasteiger partial charge on any atom is 0.407 e. The van der Waals surface area contributed by atoms with Crippen LogP contribution in [0.25, 0.3) is 0 Å². The van der Waals surface area contributed by atoms with Gasteiger partial charge in [-0.3, -0.25) is 9.59 Å². The highest BCUT2D eigenvalue weighted by atomic mass is 35.5. The Hall–Kier alpha value is -1.50. The van der Waals surface area contributed by atoms with E-state index >= 15 is 0 Å². The zero-order valence-corrected chi connectivity index (χ0v) is 18.7. The van der Waals surface area contributed by atoms with Gasteiger partial charge in [-0.1, -0.05) is 51.4 Å². The average Bonchev–Trinajstić information content (AvgIpc) is 2.78. The monoisotopic (exact) mass is 441 g/mol. The van der Waals surface area contributed by atoms with Crippen molar-refractivity contribution in [2.75, 3.05) is 32.8 Å². The highest BCUT2D eigenvalue weighted by Gasteiger charge is 2.32. The first kappa shape index (κ1) is 23.2. The lowest BCUT2D eigenvalue weighted by atomic mass is 9.84. The lowest BCUT2D eigenvalue weighted by molar-refractivity contribution is -0.135. The van der Waals surface area contributed by atoms with Gasteiger partial charge in [-0.05, 0) is 42.7 Å². The minimum Gasteiger partial charge on any atom is -0.449 e. The normalized spacial score (nSPS) is 22.4. The van der Waals surface area contributed by atoms with E-state index in [0.29, 0.717) is 51.0 Å². The smallest absolute Gasteiger partial charge is 0.407 e. The summed E-state index contributed by atoms with van der Waals surface area (Å²) in [5, 5.41) is 2.39. The summed E-state index contributed by atoms with van der Waals surface area (Å²) in [7, 11) is 0. The minimum atomic E-state index is -0.565. The van der Waals surface area contributed by atoms with Crippen LogP contribution in [0.3, 0.4) is 0 Å². The molecular formula is C22H36ClN3O4. The van der Waals surface area contributed by atoms with Gasteiger partial charge in [0.05, 0.1) is 6.61 Å². The molecule has 3 amide bonds. The molecule has 0 bridgehead atoms. The average molecular weight is 442 g/mol. The van der Waals surface area contributed by atoms with Gasteiger partial charge in [0, 0.05) is 26.2 Å². The second-order valence-electron chi connectivity index (χ2n) is 9.10. The highest BCUT2D eigenvalue weighted by Crippen LogP contribution is 2.28. The van der Waals surface area contributed by atoms with E-state index in [1.165, 1.54) is 43.4 Å². The van der Waals surface area contributed by atoms with E-state index in [1.807, 2.05) is 0 Å². The second kappa shape index (κ2) is 11.8. The van der Waals surface area contributed by atoms with Crippen LogP contribution < -0.4 is 5.32 Å². The number of amides is 3. The molecule has 3 aliphatic rings. The number of nitrogens with one attached hydrogen (secondary N) is 1. The number of halogens is 1. The van der Waals surface area contributed by atoms with Crippen LogP contribution in [0.1, 0.15) is 70.6 Å². The maximum atomic E-state index is 13.2. The molecule has 0 unspecified atom stereocenters. The first-order chi connectivity index (χ1) is 14.5. The molecule has 1 N–H and O–H groups in total. The second-order valence-corrected chi connectivity index (χ2v) is 9.43. The molecule has 0 aromatic heterocycles. The van der Waals surface area contributed by atoms with Crippen LogP contribution in [0.15, 0.2) is 0 Å². The third-order valence-corrected chi connectivity index (χ3v) is 7.14.